The van der Waals surface area contributed by atoms with Crippen molar-refractivity contribution in [2.45, 2.75) is 64.4 Å². The molecule has 1 heterocycles. The molecule has 6 atom stereocenters. The number of carbonyl (C=O) groups is 5. The number of hydrogen-bond acceptors (Lipinski definition) is 12. The summed E-state index contributed by atoms with van der Waals surface area (Å²) in [6, 6.07) is -2.32. The predicted molar refractivity (Wildman–Crippen MR) is 100.0 cm³/mol. The van der Waals surface area contributed by atoms with E-state index in [0.29, 0.717) is 0 Å². The van der Waals surface area contributed by atoms with Crippen molar-refractivity contribution in [1.82, 2.24) is 5.32 Å². The van der Waals surface area contributed by atoms with Gasteiger partial charge < -0.3 is 39.5 Å². The Morgan fingerprint density at radius 1 is 0.968 bits per heavy atom. The number of ether oxygens (including phenoxy) is 6. The summed E-state index contributed by atoms with van der Waals surface area (Å²) in [7, 11) is 1.15. The van der Waals surface area contributed by atoms with Crippen LogP contribution >= 0.6 is 0 Å². The molecule has 176 valence electrons. The lowest BCUT2D eigenvalue weighted by molar-refractivity contribution is -0.278. The molecule has 0 aromatic carbocycles. The molecule has 0 aliphatic carbocycles. The van der Waals surface area contributed by atoms with Crippen molar-refractivity contribution in [3.8, 4) is 0 Å². The highest BCUT2D eigenvalue weighted by Gasteiger charge is 2.51. The fourth-order valence-electron chi connectivity index (χ4n) is 2.85. The van der Waals surface area contributed by atoms with Gasteiger partial charge in [0, 0.05) is 27.7 Å². The Morgan fingerprint density at radius 2 is 1.55 bits per heavy atom. The monoisotopic (exact) mass is 448 g/mol. The first kappa shape index (κ1) is 26.3. The van der Waals surface area contributed by atoms with Crippen LogP contribution in [0, 0.1) is 0 Å². The van der Waals surface area contributed by atoms with E-state index in [1.165, 1.54) is 6.92 Å². The van der Waals surface area contributed by atoms with Gasteiger partial charge in [0.1, 0.15) is 24.8 Å². The van der Waals surface area contributed by atoms with Gasteiger partial charge in [-0.25, -0.2) is 0 Å². The van der Waals surface area contributed by atoms with Crippen molar-refractivity contribution in [3.63, 3.8) is 0 Å². The predicted octanol–water partition coefficient (Wildman–Crippen LogP) is -1.84. The molecule has 1 fully saturated rings. The first-order valence-electron chi connectivity index (χ1n) is 9.31. The van der Waals surface area contributed by atoms with E-state index in [0.717, 1.165) is 27.9 Å². The number of hydrogen-bond donors (Lipinski definition) is 2. The van der Waals surface area contributed by atoms with Gasteiger partial charge in [0.15, 0.2) is 18.5 Å². The largest absolute Gasteiger partial charge is 0.468 e. The van der Waals surface area contributed by atoms with E-state index >= 15 is 0 Å². The van der Waals surface area contributed by atoms with E-state index in [-0.39, 0.29) is 13.2 Å². The Morgan fingerprint density at radius 3 is 2.03 bits per heavy atom. The second-order valence-corrected chi connectivity index (χ2v) is 6.68. The summed E-state index contributed by atoms with van der Waals surface area (Å²) in [5.41, 5.74) is 5.67. The molecular weight excluding hydrogens is 420 g/mol. The zero-order valence-electron chi connectivity index (χ0n) is 17.9. The third-order valence-electron chi connectivity index (χ3n) is 4.02. The molecule has 0 radical (unpaired) electrons. The SMILES string of the molecule is COC(=O)[C@@H](N)CO[C@@H]1O[C@H](COC(C)=O)[C@@H](OC(C)=O)[C@H](OC(C)=O)[C@H]1NC(C)=O. The summed E-state index contributed by atoms with van der Waals surface area (Å²) in [6.45, 7) is 3.86. The highest BCUT2D eigenvalue weighted by Crippen LogP contribution is 2.28. The van der Waals surface area contributed by atoms with Crippen molar-refractivity contribution in [2.75, 3.05) is 20.3 Å². The molecule has 3 N–H and O–H groups in total. The van der Waals surface area contributed by atoms with Gasteiger partial charge in [0.25, 0.3) is 0 Å². The topological polar surface area (TPSA) is 179 Å². The van der Waals surface area contributed by atoms with Crippen LogP contribution in [0.1, 0.15) is 27.7 Å². The maximum atomic E-state index is 11.8. The first-order chi connectivity index (χ1) is 14.5. The summed E-state index contributed by atoms with van der Waals surface area (Å²) in [5.74, 6) is -3.39. The number of nitrogens with two attached hydrogens (primary N) is 1. The van der Waals surface area contributed by atoms with Gasteiger partial charge >= 0.3 is 23.9 Å². The van der Waals surface area contributed by atoms with E-state index in [1.54, 1.807) is 0 Å². The third-order valence-corrected chi connectivity index (χ3v) is 4.02. The number of rotatable bonds is 9. The fourth-order valence-corrected chi connectivity index (χ4v) is 2.85. The molecule has 0 aromatic heterocycles. The minimum atomic E-state index is -1.31. The second kappa shape index (κ2) is 12.2. The third kappa shape index (κ3) is 8.47. The molecule has 31 heavy (non-hydrogen) atoms. The van der Waals surface area contributed by atoms with Gasteiger partial charge in [-0.15, -0.1) is 0 Å². The summed E-state index contributed by atoms with van der Waals surface area (Å²) in [4.78, 5) is 57.9. The molecule has 1 aliphatic rings. The van der Waals surface area contributed by atoms with E-state index < -0.39 is 66.5 Å². The van der Waals surface area contributed by atoms with Crippen LogP contribution in [-0.2, 0) is 52.4 Å². The summed E-state index contributed by atoms with van der Waals surface area (Å²) >= 11 is 0. The van der Waals surface area contributed by atoms with Crippen molar-refractivity contribution >= 4 is 29.8 Å². The fraction of sp³-hybridized carbons (Fsp3) is 0.722. The minimum absolute atomic E-state index is 0.374. The molecule has 0 aromatic rings. The van der Waals surface area contributed by atoms with Crippen molar-refractivity contribution in [1.29, 1.82) is 0 Å². The molecular formula is C18H28N2O11. The zero-order chi connectivity index (χ0) is 23.7. The van der Waals surface area contributed by atoms with E-state index in [1.807, 2.05) is 0 Å². The Labute approximate surface area is 178 Å². The van der Waals surface area contributed by atoms with Crippen molar-refractivity contribution in [2.24, 2.45) is 5.73 Å². The molecule has 13 heteroatoms. The average molecular weight is 448 g/mol. The van der Waals surface area contributed by atoms with Crippen LogP contribution in [0.15, 0.2) is 0 Å². The van der Waals surface area contributed by atoms with Crippen LogP contribution < -0.4 is 11.1 Å². The van der Waals surface area contributed by atoms with E-state index in [9.17, 15) is 24.0 Å². The van der Waals surface area contributed by atoms with Gasteiger partial charge in [0.2, 0.25) is 5.91 Å². The molecule has 0 spiro atoms. The van der Waals surface area contributed by atoms with Crippen LogP contribution in [0.5, 0.6) is 0 Å². The Kier molecular flexibility index (Phi) is 10.3. The van der Waals surface area contributed by atoms with Crippen molar-refractivity contribution < 1.29 is 52.4 Å². The first-order valence-corrected chi connectivity index (χ1v) is 9.31. The number of carbonyl (C=O) groups excluding carboxylic acids is 5. The van der Waals surface area contributed by atoms with Crippen LogP contribution in [0.4, 0.5) is 0 Å². The maximum absolute atomic E-state index is 11.8. The lowest BCUT2D eigenvalue weighted by Crippen LogP contribution is -2.66. The Bertz CT molecular complexity index is 683. The summed E-state index contributed by atoms with van der Waals surface area (Å²) < 4.78 is 31.3. The number of esters is 4. The van der Waals surface area contributed by atoms with E-state index in [2.05, 4.69) is 10.1 Å². The lowest BCUT2D eigenvalue weighted by Gasteiger charge is -2.45. The molecule has 0 bridgehead atoms. The van der Waals surface area contributed by atoms with Crippen LogP contribution in [-0.4, -0.2) is 86.8 Å². The van der Waals surface area contributed by atoms with Crippen molar-refractivity contribution in [3.05, 3.63) is 0 Å². The van der Waals surface area contributed by atoms with Gasteiger partial charge in [0.05, 0.1) is 13.7 Å². The van der Waals surface area contributed by atoms with Gasteiger partial charge in [-0.2, -0.15) is 0 Å². The molecule has 0 unspecified atom stereocenters. The summed E-state index contributed by atoms with van der Waals surface area (Å²) in [6.07, 6.45) is -4.94. The smallest absolute Gasteiger partial charge is 0.325 e. The van der Waals surface area contributed by atoms with Crippen LogP contribution in [0.25, 0.3) is 0 Å². The average Bonchev–Trinajstić information content (AvgIpc) is 2.66. The van der Waals surface area contributed by atoms with Gasteiger partial charge in [-0.1, -0.05) is 0 Å². The number of amides is 1. The molecule has 13 nitrogen and oxygen atoms in total. The van der Waals surface area contributed by atoms with Gasteiger partial charge in [-0.3, -0.25) is 24.0 Å². The zero-order valence-corrected chi connectivity index (χ0v) is 17.9. The molecule has 1 rings (SSSR count). The minimum Gasteiger partial charge on any atom is -0.468 e. The Balaban J connectivity index is 3.25. The quantitative estimate of drug-likeness (QED) is 0.298. The normalized spacial score (nSPS) is 26.2. The van der Waals surface area contributed by atoms with Gasteiger partial charge in [-0.05, 0) is 0 Å². The highest BCUT2D eigenvalue weighted by atomic mass is 16.7. The van der Waals surface area contributed by atoms with Crippen LogP contribution in [0.2, 0.25) is 0 Å². The standard InChI is InChI=1S/C18H28N2O11/c1-8(21)20-14-16(30-11(4)24)15(29-10(3)23)13(7-27-9(2)22)31-18(14)28-6-12(19)17(25)26-5/h12-16,18H,6-7,19H2,1-5H3,(H,20,21)/t12-,13+,14+,15+,16+,18+/m0/s1. The maximum Gasteiger partial charge on any atom is 0.325 e. The molecule has 0 saturated carbocycles. The lowest BCUT2D eigenvalue weighted by atomic mass is 9.96. The number of nitrogens with one attached hydrogen (secondary N) is 1. The number of methoxy groups -OCH3 is 1. The Hall–Kier alpha value is -2.77. The summed E-state index contributed by atoms with van der Waals surface area (Å²) in [5, 5.41) is 2.52. The highest BCUT2D eigenvalue weighted by molar-refractivity contribution is 5.75. The van der Waals surface area contributed by atoms with Crippen LogP contribution in [0.3, 0.4) is 0 Å². The second-order valence-electron chi connectivity index (χ2n) is 6.68. The molecule has 1 aliphatic heterocycles. The molecule has 1 amide bonds. The van der Waals surface area contributed by atoms with E-state index in [4.69, 9.17) is 29.4 Å². The molecule has 1 saturated heterocycles.